The molecule has 0 radical (unpaired) electrons. The van der Waals surface area contributed by atoms with Crippen LogP contribution in [0.2, 0.25) is 0 Å². The van der Waals surface area contributed by atoms with Gasteiger partial charge in [0.1, 0.15) is 0 Å². The van der Waals surface area contributed by atoms with Crippen LogP contribution in [0.15, 0.2) is 57.7 Å². The summed E-state index contributed by atoms with van der Waals surface area (Å²) in [5, 5.41) is 1.24. The lowest BCUT2D eigenvalue weighted by Gasteiger charge is -2.33. The van der Waals surface area contributed by atoms with Gasteiger partial charge in [-0.1, -0.05) is 30.3 Å². The number of aromatic amines is 1. The molecule has 0 saturated carbocycles. The Morgan fingerprint density at radius 1 is 1.18 bits per heavy atom. The second-order valence-electron chi connectivity index (χ2n) is 7.31. The molecule has 5 rings (SSSR count). The topological polar surface area (TPSA) is 71.2 Å². The average Bonchev–Trinajstić information content (AvgIpc) is 3.24. The van der Waals surface area contributed by atoms with Crippen molar-refractivity contribution in [1.29, 1.82) is 0 Å². The number of carbonyl (C=O) groups is 1. The van der Waals surface area contributed by atoms with Crippen LogP contribution in [0.5, 0.6) is 0 Å². The molecule has 2 aromatic carbocycles. The van der Waals surface area contributed by atoms with Gasteiger partial charge in [-0.3, -0.25) is 9.36 Å². The van der Waals surface area contributed by atoms with Crippen LogP contribution in [0, 0.1) is 0 Å². The van der Waals surface area contributed by atoms with E-state index in [9.17, 15) is 9.59 Å². The summed E-state index contributed by atoms with van der Waals surface area (Å²) < 4.78 is 6.79. The molecular weight excluding hydrogens is 354 g/mol. The number of carbonyl (C=O) groups excluding carboxylic acids is 1. The molecule has 1 atom stereocenters. The number of H-pyrrole nitrogens is 1. The molecule has 1 amide bonds. The molecule has 0 bridgehead atoms. The number of hydrogen-bond donors (Lipinski definition) is 1. The van der Waals surface area contributed by atoms with E-state index in [1.165, 1.54) is 15.5 Å². The number of para-hydroxylation sites is 3. The molecule has 6 heteroatoms. The van der Waals surface area contributed by atoms with Gasteiger partial charge in [0.25, 0.3) is 0 Å². The summed E-state index contributed by atoms with van der Waals surface area (Å²) in [6.07, 6.45) is 1.10. The number of aromatic nitrogens is 2. The smallest absolute Gasteiger partial charge is 0.408 e. The van der Waals surface area contributed by atoms with Crippen molar-refractivity contribution in [2.24, 2.45) is 0 Å². The Hall–Kier alpha value is -3.28. The first kappa shape index (κ1) is 16.9. The van der Waals surface area contributed by atoms with Gasteiger partial charge in [0.05, 0.1) is 11.6 Å². The predicted octanol–water partition coefficient (Wildman–Crippen LogP) is 3.61. The Morgan fingerprint density at radius 2 is 1.96 bits per heavy atom. The maximum atomic E-state index is 12.9. The summed E-state index contributed by atoms with van der Waals surface area (Å²) in [6.45, 7) is 3.07. The largest absolute Gasteiger partial charge is 0.419 e. The van der Waals surface area contributed by atoms with Crippen LogP contribution in [-0.2, 0) is 17.8 Å². The van der Waals surface area contributed by atoms with E-state index in [4.69, 9.17) is 4.42 Å². The minimum absolute atomic E-state index is 0.0125. The van der Waals surface area contributed by atoms with Crippen molar-refractivity contribution in [1.82, 2.24) is 14.5 Å². The van der Waals surface area contributed by atoms with Crippen molar-refractivity contribution in [3.8, 4) is 0 Å². The molecule has 0 saturated heterocycles. The molecule has 1 N–H and O–H groups in total. The molecule has 3 heterocycles. The Bertz CT molecular complexity index is 1250. The SMILES string of the molecule is CC1c2[nH]c3ccccc3c2CCN1C(=O)CCn1c(=O)oc2ccccc21. The van der Waals surface area contributed by atoms with Crippen molar-refractivity contribution in [3.63, 3.8) is 0 Å². The third kappa shape index (κ3) is 2.56. The van der Waals surface area contributed by atoms with Crippen molar-refractivity contribution in [2.75, 3.05) is 6.54 Å². The highest BCUT2D eigenvalue weighted by Crippen LogP contribution is 2.34. The maximum absolute atomic E-state index is 12.9. The van der Waals surface area contributed by atoms with E-state index in [1.807, 2.05) is 35.2 Å². The summed E-state index contributed by atoms with van der Waals surface area (Å²) in [7, 11) is 0. The van der Waals surface area contributed by atoms with Gasteiger partial charge in [-0.15, -0.1) is 0 Å². The molecule has 2 aromatic heterocycles. The van der Waals surface area contributed by atoms with Crippen LogP contribution in [0.4, 0.5) is 0 Å². The summed E-state index contributed by atoms with van der Waals surface area (Å²) >= 11 is 0. The molecule has 0 aliphatic carbocycles. The van der Waals surface area contributed by atoms with Crippen LogP contribution in [0.1, 0.15) is 30.6 Å². The highest BCUT2D eigenvalue weighted by molar-refractivity contribution is 5.86. The van der Waals surface area contributed by atoms with E-state index in [1.54, 1.807) is 6.07 Å². The summed E-state index contributed by atoms with van der Waals surface area (Å²) in [6, 6.07) is 15.5. The van der Waals surface area contributed by atoms with E-state index in [2.05, 4.69) is 24.0 Å². The molecular formula is C22H21N3O3. The van der Waals surface area contributed by atoms with Crippen molar-refractivity contribution in [3.05, 3.63) is 70.3 Å². The predicted molar refractivity (Wildman–Crippen MR) is 107 cm³/mol. The molecule has 1 aliphatic rings. The first-order valence-corrected chi connectivity index (χ1v) is 9.61. The molecule has 0 spiro atoms. The quantitative estimate of drug-likeness (QED) is 0.595. The lowest BCUT2D eigenvalue weighted by Crippen LogP contribution is -2.39. The molecule has 6 nitrogen and oxygen atoms in total. The van der Waals surface area contributed by atoms with Gasteiger partial charge >= 0.3 is 5.76 Å². The minimum atomic E-state index is -0.418. The summed E-state index contributed by atoms with van der Waals surface area (Å²) in [4.78, 5) is 30.5. The van der Waals surface area contributed by atoms with Crippen LogP contribution in [-0.4, -0.2) is 26.9 Å². The van der Waals surface area contributed by atoms with Crippen LogP contribution >= 0.6 is 0 Å². The number of hydrogen-bond acceptors (Lipinski definition) is 3. The zero-order chi connectivity index (χ0) is 19.3. The monoisotopic (exact) mass is 375 g/mol. The number of rotatable bonds is 3. The van der Waals surface area contributed by atoms with E-state index in [0.29, 0.717) is 18.7 Å². The third-order valence-electron chi connectivity index (χ3n) is 5.78. The van der Waals surface area contributed by atoms with Crippen LogP contribution in [0.3, 0.4) is 0 Å². The zero-order valence-corrected chi connectivity index (χ0v) is 15.6. The van der Waals surface area contributed by atoms with Crippen molar-refractivity contribution in [2.45, 2.75) is 32.4 Å². The van der Waals surface area contributed by atoms with Gasteiger partial charge in [-0.05, 0) is 37.1 Å². The van der Waals surface area contributed by atoms with Gasteiger partial charge in [0, 0.05) is 36.1 Å². The number of nitrogens with one attached hydrogen (secondary N) is 1. The third-order valence-corrected chi connectivity index (χ3v) is 5.78. The highest BCUT2D eigenvalue weighted by Gasteiger charge is 2.30. The van der Waals surface area contributed by atoms with Crippen LogP contribution < -0.4 is 5.76 Å². The maximum Gasteiger partial charge on any atom is 0.419 e. The van der Waals surface area contributed by atoms with Crippen molar-refractivity contribution >= 4 is 27.9 Å². The number of fused-ring (bicyclic) bond motifs is 4. The lowest BCUT2D eigenvalue weighted by molar-refractivity contribution is -0.134. The number of oxazole rings is 1. The van der Waals surface area contributed by atoms with Gasteiger partial charge < -0.3 is 14.3 Å². The zero-order valence-electron chi connectivity index (χ0n) is 15.6. The molecule has 1 aliphatic heterocycles. The normalized spacial score (nSPS) is 16.6. The molecule has 0 fully saturated rings. The second-order valence-corrected chi connectivity index (χ2v) is 7.31. The first-order valence-electron chi connectivity index (χ1n) is 9.61. The Labute approximate surface area is 161 Å². The second kappa shape index (κ2) is 6.41. The number of amides is 1. The standard InChI is InChI=1S/C22H21N3O3/c1-14-21-16(15-6-2-3-7-17(15)23-21)10-12-24(14)20(26)11-13-25-18-8-4-5-9-19(18)28-22(25)27/h2-9,14,23H,10-13H2,1H3. The van der Waals surface area contributed by atoms with Gasteiger partial charge in [0.15, 0.2) is 5.58 Å². The van der Waals surface area contributed by atoms with Crippen LogP contribution in [0.25, 0.3) is 22.0 Å². The molecule has 28 heavy (non-hydrogen) atoms. The summed E-state index contributed by atoms with van der Waals surface area (Å²) in [5.74, 6) is -0.368. The van der Waals surface area contributed by atoms with E-state index in [0.717, 1.165) is 23.1 Å². The Morgan fingerprint density at radius 3 is 2.86 bits per heavy atom. The Balaban J connectivity index is 1.37. The fraction of sp³-hybridized carbons (Fsp3) is 0.273. The molecule has 1 unspecified atom stereocenters. The van der Waals surface area contributed by atoms with Gasteiger partial charge in [0.2, 0.25) is 5.91 Å². The number of benzene rings is 2. The number of nitrogens with zero attached hydrogens (tertiary/aromatic N) is 2. The van der Waals surface area contributed by atoms with E-state index in [-0.39, 0.29) is 18.4 Å². The van der Waals surface area contributed by atoms with Gasteiger partial charge in [-0.2, -0.15) is 0 Å². The summed E-state index contributed by atoms with van der Waals surface area (Å²) in [5.41, 5.74) is 4.82. The lowest BCUT2D eigenvalue weighted by atomic mass is 9.98. The van der Waals surface area contributed by atoms with Crippen molar-refractivity contribution < 1.29 is 9.21 Å². The highest BCUT2D eigenvalue weighted by atomic mass is 16.4. The van der Waals surface area contributed by atoms with Gasteiger partial charge in [-0.25, -0.2) is 4.79 Å². The number of aryl methyl sites for hydroxylation is 1. The fourth-order valence-corrected chi connectivity index (χ4v) is 4.35. The van der Waals surface area contributed by atoms with E-state index >= 15 is 0 Å². The average molecular weight is 375 g/mol. The molecule has 4 aromatic rings. The Kier molecular flexibility index (Phi) is 3.86. The van der Waals surface area contributed by atoms with E-state index < -0.39 is 5.76 Å². The first-order chi connectivity index (χ1) is 13.6. The minimum Gasteiger partial charge on any atom is -0.408 e. The fourth-order valence-electron chi connectivity index (χ4n) is 4.35. The molecule has 142 valence electrons.